The summed E-state index contributed by atoms with van der Waals surface area (Å²) in [6.07, 6.45) is -1.59. The average molecular weight is 683 g/mol. The zero-order valence-electron chi connectivity index (χ0n) is 28.3. The molecule has 6 nitrogen and oxygen atoms in total. The van der Waals surface area contributed by atoms with Crippen LogP contribution in [0.15, 0.2) is 97.1 Å². The van der Waals surface area contributed by atoms with Crippen LogP contribution < -0.4 is 19.5 Å². The van der Waals surface area contributed by atoms with Gasteiger partial charge in [-0.2, -0.15) is 13.2 Å². The Labute approximate surface area is 286 Å². The molecule has 1 heterocycles. The summed E-state index contributed by atoms with van der Waals surface area (Å²) >= 11 is 0. The second kappa shape index (κ2) is 18.6. The Hall–Kier alpha value is -4.12. The zero-order valence-corrected chi connectivity index (χ0v) is 28.3. The number of methoxy groups -OCH3 is 2. The smallest absolute Gasteiger partial charge is 0.416 e. The van der Waals surface area contributed by atoms with E-state index in [9.17, 15) is 22.7 Å². The average Bonchev–Trinajstić information content (AvgIpc) is 3.13. The SMILES string of the molecule is CNCCC(Oc1ccc(C(F)(F)F)cc1)c1ccccc1.COc1cccc([C@H](O)C2CCN(CCc3ccc(F)cc3)CC2)c1OC. The highest BCUT2D eigenvalue weighted by atomic mass is 19.4. The summed E-state index contributed by atoms with van der Waals surface area (Å²) in [5.41, 5.74) is 2.27. The molecule has 1 aliphatic heterocycles. The van der Waals surface area contributed by atoms with Crippen molar-refractivity contribution in [2.45, 2.75) is 44.1 Å². The minimum absolute atomic E-state index is 0.193. The van der Waals surface area contributed by atoms with Gasteiger partial charge in [0.25, 0.3) is 0 Å². The lowest BCUT2D eigenvalue weighted by Crippen LogP contribution is -2.36. The molecule has 0 saturated carbocycles. The van der Waals surface area contributed by atoms with Crippen molar-refractivity contribution in [3.63, 3.8) is 0 Å². The zero-order chi connectivity index (χ0) is 35.2. The lowest BCUT2D eigenvalue weighted by Gasteiger charge is -2.34. The van der Waals surface area contributed by atoms with Gasteiger partial charge in [0, 0.05) is 18.5 Å². The van der Waals surface area contributed by atoms with E-state index in [1.807, 2.05) is 67.7 Å². The van der Waals surface area contributed by atoms with Gasteiger partial charge in [0.05, 0.1) is 25.9 Å². The van der Waals surface area contributed by atoms with Crippen LogP contribution in [-0.2, 0) is 12.6 Å². The summed E-state index contributed by atoms with van der Waals surface area (Å²) in [4.78, 5) is 2.41. The van der Waals surface area contributed by atoms with Crippen molar-refractivity contribution < 1.29 is 36.9 Å². The molecule has 5 rings (SSSR count). The predicted octanol–water partition coefficient (Wildman–Crippen LogP) is 8.27. The molecule has 1 unspecified atom stereocenters. The number of halogens is 4. The van der Waals surface area contributed by atoms with E-state index >= 15 is 0 Å². The summed E-state index contributed by atoms with van der Waals surface area (Å²) in [6.45, 7) is 3.61. The maximum absolute atomic E-state index is 13.0. The first-order valence-electron chi connectivity index (χ1n) is 16.5. The van der Waals surface area contributed by atoms with E-state index in [2.05, 4.69) is 10.2 Å². The van der Waals surface area contributed by atoms with Gasteiger partial charge >= 0.3 is 6.18 Å². The Morgan fingerprint density at radius 1 is 0.857 bits per heavy atom. The fourth-order valence-corrected chi connectivity index (χ4v) is 5.95. The molecule has 2 atom stereocenters. The van der Waals surface area contributed by atoms with E-state index in [-0.39, 0.29) is 17.8 Å². The van der Waals surface area contributed by atoms with E-state index in [1.165, 1.54) is 24.3 Å². The van der Waals surface area contributed by atoms with E-state index in [4.69, 9.17) is 14.2 Å². The molecule has 0 radical (unpaired) electrons. The number of rotatable bonds is 13. The van der Waals surface area contributed by atoms with Gasteiger partial charge in [-0.15, -0.1) is 0 Å². The number of likely N-dealkylation sites (tertiary alicyclic amines) is 1. The molecule has 4 aromatic carbocycles. The van der Waals surface area contributed by atoms with Crippen LogP contribution >= 0.6 is 0 Å². The third kappa shape index (κ3) is 11.2. The first kappa shape index (κ1) is 37.7. The van der Waals surface area contributed by atoms with Crippen molar-refractivity contribution in [1.82, 2.24) is 10.2 Å². The molecule has 0 aliphatic carbocycles. The van der Waals surface area contributed by atoms with Gasteiger partial charge in [0.1, 0.15) is 17.7 Å². The number of aliphatic hydroxyl groups is 1. The second-order valence-corrected chi connectivity index (χ2v) is 12.0. The van der Waals surface area contributed by atoms with Crippen molar-refractivity contribution in [2.75, 3.05) is 47.4 Å². The predicted molar refractivity (Wildman–Crippen MR) is 184 cm³/mol. The molecule has 49 heavy (non-hydrogen) atoms. The largest absolute Gasteiger partial charge is 0.493 e. The molecule has 1 aliphatic rings. The number of nitrogens with zero attached hydrogens (tertiary/aromatic N) is 1. The number of hydrogen-bond donors (Lipinski definition) is 2. The fourth-order valence-electron chi connectivity index (χ4n) is 5.95. The summed E-state index contributed by atoms with van der Waals surface area (Å²) < 4.78 is 67.4. The number of piperidine rings is 1. The molecule has 0 aromatic heterocycles. The van der Waals surface area contributed by atoms with Gasteiger partial charge in [-0.25, -0.2) is 4.39 Å². The number of ether oxygens (including phenoxy) is 3. The number of nitrogens with one attached hydrogen (secondary N) is 1. The van der Waals surface area contributed by atoms with Crippen molar-refractivity contribution >= 4 is 0 Å². The Morgan fingerprint density at radius 2 is 1.53 bits per heavy atom. The number of para-hydroxylation sites is 1. The second-order valence-electron chi connectivity index (χ2n) is 12.0. The van der Waals surface area contributed by atoms with Gasteiger partial charge in [-0.3, -0.25) is 0 Å². The van der Waals surface area contributed by atoms with E-state index in [0.29, 0.717) is 17.2 Å². The number of benzene rings is 4. The summed E-state index contributed by atoms with van der Waals surface area (Å²) in [5.74, 6) is 1.70. The molecule has 10 heteroatoms. The minimum atomic E-state index is -4.33. The first-order chi connectivity index (χ1) is 23.6. The highest BCUT2D eigenvalue weighted by molar-refractivity contribution is 5.47. The van der Waals surface area contributed by atoms with Crippen molar-refractivity contribution in [3.8, 4) is 17.2 Å². The molecule has 0 bridgehead atoms. The molecule has 2 N–H and O–H groups in total. The fraction of sp³-hybridized carbons (Fsp3) is 0.385. The van der Waals surface area contributed by atoms with Gasteiger partial charge in [-0.05, 0) is 105 Å². The first-order valence-corrected chi connectivity index (χ1v) is 16.5. The van der Waals surface area contributed by atoms with E-state index in [0.717, 1.165) is 80.7 Å². The lowest BCUT2D eigenvalue weighted by atomic mass is 9.87. The minimum Gasteiger partial charge on any atom is -0.493 e. The van der Waals surface area contributed by atoms with Crippen LogP contribution in [0, 0.1) is 11.7 Å². The Balaban J connectivity index is 0.000000226. The lowest BCUT2D eigenvalue weighted by molar-refractivity contribution is -0.137. The van der Waals surface area contributed by atoms with Crippen LogP contribution in [0.1, 0.15) is 53.7 Å². The molecule has 1 fully saturated rings. The van der Waals surface area contributed by atoms with Crippen molar-refractivity contribution in [1.29, 1.82) is 0 Å². The molecular weight excluding hydrogens is 636 g/mol. The Kier molecular flexibility index (Phi) is 14.3. The van der Waals surface area contributed by atoms with Crippen LogP contribution in [0.25, 0.3) is 0 Å². The number of alkyl halides is 3. The number of hydrogen-bond acceptors (Lipinski definition) is 6. The highest BCUT2D eigenvalue weighted by Gasteiger charge is 2.30. The summed E-state index contributed by atoms with van der Waals surface area (Å²) in [7, 11) is 5.06. The quantitative estimate of drug-likeness (QED) is 0.139. The van der Waals surface area contributed by atoms with Crippen molar-refractivity contribution in [2.24, 2.45) is 5.92 Å². The van der Waals surface area contributed by atoms with Gasteiger partial charge in [0.2, 0.25) is 0 Å². The van der Waals surface area contributed by atoms with E-state index < -0.39 is 17.8 Å². The van der Waals surface area contributed by atoms with Crippen LogP contribution in [0.3, 0.4) is 0 Å². The molecular formula is C39H46F4N2O4. The Morgan fingerprint density at radius 3 is 2.12 bits per heavy atom. The van der Waals surface area contributed by atoms with Crippen LogP contribution in [0.2, 0.25) is 0 Å². The van der Waals surface area contributed by atoms with Crippen LogP contribution in [-0.4, -0.2) is 57.5 Å². The molecule has 0 amide bonds. The standard InChI is InChI=1S/C22H28FNO3.C17H18F3NO/c1-26-20-5-3-4-19(22(20)27-2)21(25)17-11-14-24(15-12-17)13-10-16-6-8-18(23)9-7-16;1-21-12-11-16(13-5-3-2-4-6-13)22-15-9-7-14(8-10-15)17(18,19)20/h3-9,17,21,25H,10-15H2,1-2H3;2-10,16,21H,11-12H2,1H3/t21-;/m1./s1. The maximum Gasteiger partial charge on any atom is 0.416 e. The van der Waals surface area contributed by atoms with Gasteiger partial charge in [-0.1, -0.05) is 54.6 Å². The highest BCUT2D eigenvalue weighted by Crippen LogP contribution is 2.40. The van der Waals surface area contributed by atoms with Gasteiger partial charge in [0.15, 0.2) is 11.5 Å². The number of aliphatic hydroxyl groups excluding tert-OH is 1. The normalized spacial score (nSPS) is 15.1. The summed E-state index contributed by atoms with van der Waals surface area (Å²) in [6, 6.07) is 26.8. The molecule has 0 spiro atoms. The maximum atomic E-state index is 13.0. The molecule has 264 valence electrons. The Bertz CT molecular complexity index is 1530. The summed E-state index contributed by atoms with van der Waals surface area (Å²) in [5, 5.41) is 14.0. The topological polar surface area (TPSA) is 63.2 Å². The van der Waals surface area contributed by atoms with E-state index in [1.54, 1.807) is 14.2 Å². The molecule has 1 saturated heterocycles. The monoisotopic (exact) mass is 682 g/mol. The third-order valence-electron chi connectivity index (χ3n) is 8.75. The van der Waals surface area contributed by atoms with Crippen molar-refractivity contribution in [3.05, 3.63) is 125 Å². The van der Waals surface area contributed by atoms with Gasteiger partial charge < -0.3 is 29.5 Å². The molecule has 4 aromatic rings. The van der Waals surface area contributed by atoms with Crippen LogP contribution in [0.4, 0.5) is 17.6 Å². The third-order valence-corrected chi connectivity index (χ3v) is 8.75. The van der Waals surface area contributed by atoms with Crippen LogP contribution in [0.5, 0.6) is 17.2 Å².